The quantitative estimate of drug-likeness (QED) is 0.583. The lowest BCUT2D eigenvalue weighted by molar-refractivity contribution is -0.144. The van der Waals surface area contributed by atoms with Crippen molar-refractivity contribution < 1.29 is 14.4 Å². The molecule has 148 valence electrons. The zero-order chi connectivity index (χ0) is 20.1. The highest BCUT2D eigenvalue weighted by atomic mass is 35.5. The Morgan fingerprint density at radius 1 is 1.21 bits per heavy atom. The number of allylic oxidation sites excluding steroid dienone is 2. The molecule has 2 heterocycles. The van der Waals surface area contributed by atoms with Gasteiger partial charge in [0.25, 0.3) is 0 Å². The number of nitrogens with zero attached hydrogens (tertiary/aromatic N) is 2. The number of hydrogen-bond acceptors (Lipinski definition) is 5. The van der Waals surface area contributed by atoms with Gasteiger partial charge in [0, 0.05) is 16.6 Å². The standard InChI is InChI=1S/C21H18ClN3O3S/c22-14-4-2-1-3-13(14)15(10-16(26)24-21-23-7-8-29-21)25-19(27)17-11-5-6-12(9-11)18(17)20(25)28/h1-8,11-12,15,17-18H,9-10H2,(H,23,24,26). The van der Waals surface area contributed by atoms with E-state index in [1.54, 1.807) is 35.8 Å². The van der Waals surface area contributed by atoms with Gasteiger partial charge in [0.1, 0.15) is 0 Å². The number of aromatic nitrogens is 1. The van der Waals surface area contributed by atoms with Crippen LogP contribution in [0.25, 0.3) is 0 Å². The van der Waals surface area contributed by atoms with E-state index in [0.717, 1.165) is 6.42 Å². The minimum atomic E-state index is -0.742. The maximum atomic E-state index is 13.3. The fourth-order valence-corrected chi connectivity index (χ4v) is 5.76. The molecular weight excluding hydrogens is 410 g/mol. The molecule has 1 saturated heterocycles. The van der Waals surface area contributed by atoms with E-state index in [4.69, 9.17) is 11.6 Å². The molecule has 6 nitrogen and oxygen atoms in total. The first-order valence-corrected chi connectivity index (χ1v) is 10.8. The maximum absolute atomic E-state index is 13.3. The number of carbonyl (C=O) groups excluding carboxylic acids is 3. The van der Waals surface area contributed by atoms with E-state index in [9.17, 15) is 14.4 Å². The van der Waals surface area contributed by atoms with Gasteiger partial charge < -0.3 is 5.32 Å². The van der Waals surface area contributed by atoms with Gasteiger partial charge >= 0.3 is 0 Å². The van der Waals surface area contributed by atoms with Crippen LogP contribution in [-0.4, -0.2) is 27.6 Å². The van der Waals surface area contributed by atoms with E-state index >= 15 is 0 Å². The van der Waals surface area contributed by atoms with Gasteiger partial charge in [-0.3, -0.25) is 19.3 Å². The smallest absolute Gasteiger partial charge is 0.234 e. The van der Waals surface area contributed by atoms with E-state index in [1.807, 2.05) is 0 Å². The molecule has 3 aliphatic rings. The second kappa shape index (κ2) is 7.07. The molecule has 2 fully saturated rings. The summed E-state index contributed by atoms with van der Waals surface area (Å²) in [6.07, 6.45) is 6.51. The van der Waals surface area contributed by atoms with Crippen molar-refractivity contribution in [3.8, 4) is 0 Å². The van der Waals surface area contributed by atoms with Gasteiger partial charge in [-0.25, -0.2) is 4.98 Å². The number of anilines is 1. The Morgan fingerprint density at radius 3 is 2.52 bits per heavy atom. The fourth-order valence-electron chi connectivity index (χ4n) is 4.95. The van der Waals surface area contributed by atoms with E-state index < -0.39 is 6.04 Å². The van der Waals surface area contributed by atoms with Crippen molar-refractivity contribution in [1.29, 1.82) is 0 Å². The van der Waals surface area contributed by atoms with Crippen molar-refractivity contribution in [1.82, 2.24) is 9.88 Å². The van der Waals surface area contributed by atoms with Gasteiger partial charge in [0.2, 0.25) is 17.7 Å². The van der Waals surface area contributed by atoms with Gasteiger partial charge in [-0.15, -0.1) is 11.3 Å². The average molecular weight is 428 g/mol. The molecule has 2 aromatic rings. The number of imide groups is 1. The van der Waals surface area contributed by atoms with Crippen molar-refractivity contribution in [3.63, 3.8) is 0 Å². The van der Waals surface area contributed by atoms with Gasteiger partial charge in [-0.1, -0.05) is 42.0 Å². The number of nitrogens with one attached hydrogen (secondary N) is 1. The van der Waals surface area contributed by atoms with Crippen LogP contribution in [0.2, 0.25) is 5.02 Å². The summed E-state index contributed by atoms with van der Waals surface area (Å²) in [6.45, 7) is 0. The molecule has 8 heteroatoms. The highest BCUT2D eigenvalue weighted by Gasteiger charge is 2.60. The van der Waals surface area contributed by atoms with Crippen molar-refractivity contribution in [2.45, 2.75) is 18.9 Å². The molecule has 5 atom stereocenters. The van der Waals surface area contributed by atoms with Crippen molar-refractivity contribution in [2.24, 2.45) is 23.7 Å². The van der Waals surface area contributed by atoms with Crippen LogP contribution in [0.3, 0.4) is 0 Å². The first-order chi connectivity index (χ1) is 14.0. The van der Waals surface area contributed by atoms with E-state index in [-0.39, 0.29) is 47.8 Å². The van der Waals surface area contributed by atoms with Gasteiger partial charge in [0.15, 0.2) is 5.13 Å². The summed E-state index contributed by atoms with van der Waals surface area (Å²) in [5, 5.41) is 5.41. The zero-order valence-electron chi connectivity index (χ0n) is 15.3. The number of halogens is 1. The molecule has 1 aliphatic heterocycles. The molecule has 2 aliphatic carbocycles. The number of fused-ring (bicyclic) bond motifs is 5. The molecule has 1 N–H and O–H groups in total. The first kappa shape index (κ1) is 18.5. The summed E-state index contributed by atoms with van der Waals surface area (Å²) in [5.74, 6) is -1.10. The van der Waals surface area contributed by atoms with Crippen LogP contribution in [0.15, 0.2) is 48.0 Å². The van der Waals surface area contributed by atoms with Crippen LogP contribution in [0, 0.1) is 23.7 Å². The summed E-state index contributed by atoms with van der Waals surface area (Å²) in [4.78, 5) is 44.7. The second-order valence-electron chi connectivity index (χ2n) is 7.67. The predicted molar refractivity (Wildman–Crippen MR) is 109 cm³/mol. The molecule has 2 bridgehead atoms. The molecule has 3 amide bonds. The van der Waals surface area contributed by atoms with Crippen molar-refractivity contribution in [3.05, 3.63) is 58.6 Å². The number of rotatable bonds is 5. The number of amides is 3. The Labute approximate surface area is 176 Å². The number of hydrogen-bond donors (Lipinski definition) is 1. The summed E-state index contributed by atoms with van der Waals surface area (Å²) < 4.78 is 0. The lowest BCUT2D eigenvalue weighted by Crippen LogP contribution is -2.38. The minimum absolute atomic E-state index is 0.0665. The third kappa shape index (κ3) is 3.00. The molecule has 0 radical (unpaired) electrons. The van der Waals surface area contributed by atoms with Crippen LogP contribution < -0.4 is 5.32 Å². The van der Waals surface area contributed by atoms with E-state index in [1.165, 1.54) is 16.2 Å². The molecule has 1 saturated carbocycles. The van der Waals surface area contributed by atoms with Crippen LogP contribution in [0.5, 0.6) is 0 Å². The minimum Gasteiger partial charge on any atom is -0.302 e. The predicted octanol–water partition coefficient (Wildman–Crippen LogP) is 3.67. The number of benzene rings is 1. The lowest BCUT2D eigenvalue weighted by atomic mass is 9.85. The van der Waals surface area contributed by atoms with Gasteiger partial charge in [-0.2, -0.15) is 0 Å². The highest BCUT2D eigenvalue weighted by molar-refractivity contribution is 7.13. The topological polar surface area (TPSA) is 79.4 Å². The lowest BCUT2D eigenvalue weighted by Gasteiger charge is -2.28. The molecule has 5 unspecified atom stereocenters. The normalized spacial score (nSPS) is 28.1. The van der Waals surface area contributed by atoms with Crippen LogP contribution in [0.1, 0.15) is 24.4 Å². The van der Waals surface area contributed by atoms with Crippen molar-refractivity contribution in [2.75, 3.05) is 5.32 Å². The number of likely N-dealkylation sites (tertiary alicyclic amines) is 1. The molecule has 1 aromatic heterocycles. The van der Waals surface area contributed by atoms with E-state index in [0.29, 0.717) is 15.7 Å². The maximum Gasteiger partial charge on any atom is 0.234 e. The molecule has 1 aromatic carbocycles. The highest BCUT2D eigenvalue weighted by Crippen LogP contribution is 2.54. The third-order valence-electron chi connectivity index (χ3n) is 6.14. The molecular formula is C21H18ClN3O3S. The van der Waals surface area contributed by atoms with E-state index in [2.05, 4.69) is 22.5 Å². The molecule has 0 spiro atoms. The fraction of sp³-hybridized carbons (Fsp3) is 0.333. The summed E-state index contributed by atoms with van der Waals surface area (Å²) in [6, 6.07) is 6.31. The van der Waals surface area contributed by atoms with Crippen LogP contribution >= 0.6 is 22.9 Å². The van der Waals surface area contributed by atoms with Crippen molar-refractivity contribution >= 4 is 45.8 Å². The first-order valence-electron chi connectivity index (χ1n) is 9.53. The molecule has 5 rings (SSSR count). The number of thiazole rings is 1. The molecule has 29 heavy (non-hydrogen) atoms. The zero-order valence-corrected chi connectivity index (χ0v) is 16.9. The largest absolute Gasteiger partial charge is 0.302 e. The van der Waals surface area contributed by atoms with Crippen LogP contribution in [-0.2, 0) is 14.4 Å². The third-order valence-corrected chi connectivity index (χ3v) is 7.17. The Kier molecular flexibility index (Phi) is 4.52. The van der Waals surface area contributed by atoms with Gasteiger partial charge in [0.05, 0.1) is 24.3 Å². The van der Waals surface area contributed by atoms with Gasteiger partial charge in [-0.05, 0) is 29.9 Å². The Balaban J connectivity index is 1.48. The Hall–Kier alpha value is -2.51. The summed E-state index contributed by atoms with van der Waals surface area (Å²) in [5.41, 5.74) is 0.602. The number of carbonyl (C=O) groups is 3. The SMILES string of the molecule is O=C(CC(c1ccccc1Cl)N1C(=O)C2C3C=CC(C3)C2C1=O)Nc1nccs1. The Morgan fingerprint density at radius 2 is 1.90 bits per heavy atom. The summed E-state index contributed by atoms with van der Waals surface area (Å²) >= 11 is 7.71. The average Bonchev–Trinajstić information content (AvgIpc) is 3.47. The second-order valence-corrected chi connectivity index (χ2v) is 8.97. The van der Waals surface area contributed by atoms with Crippen LogP contribution in [0.4, 0.5) is 5.13 Å². The summed E-state index contributed by atoms with van der Waals surface area (Å²) in [7, 11) is 0. The monoisotopic (exact) mass is 427 g/mol. The Bertz CT molecular complexity index is 992.